The van der Waals surface area contributed by atoms with E-state index in [0.717, 1.165) is 16.2 Å². The summed E-state index contributed by atoms with van der Waals surface area (Å²) < 4.78 is 22.3. The first kappa shape index (κ1) is 15.4. The van der Waals surface area contributed by atoms with E-state index in [1.807, 2.05) is 0 Å². The number of nitrogens with two attached hydrogens (primary N) is 1. The molecule has 0 aromatic carbocycles. The van der Waals surface area contributed by atoms with E-state index in [9.17, 15) is 18.0 Å². The summed E-state index contributed by atoms with van der Waals surface area (Å²) in [4.78, 5) is 26.4. The number of primary sulfonamides is 1. The summed E-state index contributed by atoms with van der Waals surface area (Å²) in [6.45, 7) is 0.289. The summed E-state index contributed by atoms with van der Waals surface area (Å²) in [6, 6.07) is 6.07. The number of amides is 1. The molecule has 4 N–H and O–H groups in total. The second kappa shape index (κ2) is 6.20. The first-order chi connectivity index (χ1) is 9.88. The van der Waals surface area contributed by atoms with Gasteiger partial charge in [-0.25, -0.2) is 13.6 Å². The average Bonchev–Trinajstić information content (AvgIpc) is 2.88. The van der Waals surface area contributed by atoms with Crippen LogP contribution in [0.25, 0.3) is 0 Å². The Hall–Kier alpha value is -1.97. The fourth-order valence-corrected chi connectivity index (χ4v) is 3.42. The molecule has 0 radical (unpaired) electrons. The van der Waals surface area contributed by atoms with Crippen LogP contribution in [-0.2, 0) is 16.4 Å². The third-order valence-corrected chi connectivity index (χ3v) is 5.22. The van der Waals surface area contributed by atoms with Crippen molar-refractivity contribution in [2.45, 2.75) is 10.6 Å². The molecule has 0 aliphatic heterocycles. The maximum Gasteiger partial charge on any atom is 0.260 e. The van der Waals surface area contributed by atoms with E-state index in [4.69, 9.17) is 5.14 Å². The average molecular weight is 327 g/mol. The summed E-state index contributed by atoms with van der Waals surface area (Å²) in [5.41, 5.74) is -0.420. The van der Waals surface area contributed by atoms with E-state index >= 15 is 0 Å². The van der Waals surface area contributed by atoms with Gasteiger partial charge in [0.2, 0.25) is 10.0 Å². The van der Waals surface area contributed by atoms with Crippen LogP contribution < -0.4 is 16.0 Å². The topological polar surface area (TPSA) is 122 Å². The first-order valence-electron chi connectivity index (χ1n) is 5.95. The fraction of sp³-hybridized carbons (Fsp3) is 0.167. The Morgan fingerprint density at radius 3 is 2.71 bits per heavy atom. The molecule has 0 spiro atoms. The van der Waals surface area contributed by atoms with Crippen LogP contribution in [0.3, 0.4) is 0 Å². The standard InChI is InChI=1S/C12H13N3O4S2/c13-21(18,19)10-4-3-8(20-10)5-7-15-12(17)9-2-1-6-14-11(9)16/h1-4,6H,5,7H2,(H,14,16)(H,15,17)(H2,13,18,19). The van der Waals surface area contributed by atoms with E-state index in [-0.39, 0.29) is 16.3 Å². The lowest BCUT2D eigenvalue weighted by Gasteiger charge is -2.03. The van der Waals surface area contributed by atoms with Crippen LogP contribution in [-0.4, -0.2) is 25.9 Å². The Balaban J connectivity index is 1.93. The molecule has 0 unspecified atom stereocenters. The van der Waals surface area contributed by atoms with Crippen LogP contribution >= 0.6 is 11.3 Å². The molecule has 0 atom stereocenters. The molecule has 0 saturated carbocycles. The largest absolute Gasteiger partial charge is 0.352 e. The van der Waals surface area contributed by atoms with Gasteiger partial charge >= 0.3 is 0 Å². The van der Waals surface area contributed by atoms with Gasteiger partial charge in [0, 0.05) is 17.6 Å². The van der Waals surface area contributed by atoms with Crippen LogP contribution in [0, 0.1) is 0 Å². The lowest BCUT2D eigenvalue weighted by Crippen LogP contribution is -2.30. The van der Waals surface area contributed by atoms with E-state index < -0.39 is 21.5 Å². The van der Waals surface area contributed by atoms with E-state index in [1.54, 1.807) is 12.1 Å². The molecule has 2 heterocycles. The predicted octanol–water partition coefficient (Wildman–Crippen LogP) is 0.0563. The number of nitrogens with one attached hydrogen (secondary N) is 2. The molecule has 0 aliphatic rings. The van der Waals surface area contributed by atoms with Crippen molar-refractivity contribution in [3.8, 4) is 0 Å². The van der Waals surface area contributed by atoms with Gasteiger partial charge in [0.05, 0.1) is 0 Å². The monoisotopic (exact) mass is 327 g/mol. The van der Waals surface area contributed by atoms with Crippen molar-refractivity contribution < 1.29 is 13.2 Å². The Morgan fingerprint density at radius 2 is 2.10 bits per heavy atom. The minimum Gasteiger partial charge on any atom is -0.352 e. The van der Waals surface area contributed by atoms with Gasteiger partial charge in [0.25, 0.3) is 11.5 Å². The number of hydrogen-bond donors (Lipinski definition) is 3. The van der Waals surface area contributed by atoms with Crippen molar-refractivity contribution in [3.63, 3.8) is 0 Å². The molecule has 0 bridgehead atoms. The second-order valence-corrected chi connectivity index (χ2v) is 7.14. The number of carbonyl (C=O) groups excluding carboxylic acids is 1. The molecule has 112 valence electrons. The third kappa shape index (κ3) is 4.00. The minimum atomic E-state index is -3.69. The van der Waals surface area contributed by atoms with Gasteiger partial charge in [-0.3, -0.25) is 9.59 Å². The molecule has 0 fully saturated rings. The van der Waals surface area contributed by atoms with Crippen molar-refractivity contribution in [1.29, 1.82) is 0 Å². The molecule has 7 nitrogen and oxygen atoms in total. The maximum absolute atomic E-state index is 11.8. The third-order valence-electron chi connectivity index (χ3n) is 2.64. The van der Waals surface area contributed by atoms with E-state index in [2.05, 4.69) is 10.3 Å². The zero-order valence-electron chi connectivity index (χ0n) is 10.8. The molecule has 0 saturated heterocycles. The quantitative estimate of drug-likeness (QED) is 0.718. The van der Waals surface area contributed by atoms with E-state index in [0.29, 0.717) is 6.42 Å². The maximum atomic E-state index is 11.8. The van der Waals surface area contributed by atoms with Crippen LogP contribution in [0.15, 0.2) is 39.5 Å². The Labute approximate surface area is 124 Å². The minimum absolute atomic E-state index is 0.0360. The highest BCUT2D eigenvalue weighted by molar-refractivity contribution is 7.91. The van der Waals surface area contributed by atoms with Crippen molar-refractivity contribution in [2.75, 3.05) is 6.54 Å². The van der Waals surface area contributed by atoms with E-state index in [1.165, 1.54) is 18.3 Å². The lowest BCUT2D eigenvalue weighted by molar-refractivity contribution is 0.0952. The molecule has 9 heteroatoms. The SMILES string of the molecule is NS(=O)(=O)c1ccc(CCNC(=O)c2ccc[nH]c2=O)s1. The number of aromatic amines is 1. The summed E-state index contributed by atoms with van der Waals surface area (Å²) in [7, 11) is -3.69. The summed E-state index contributed by atoms with van der Waals surface area (Å²) in [5.74, 6) is -0.472. The number of rotatable bonds is 5. The Morgan fingerprint density at radius 1 is 1.33 bits per heavy atom. The summed E-state index contributed by atoms with van der Waals surface area (Å²) >= 11 is 1.06. The smallest absolute Gasteiger partial charge is 0.260 e. The zero-order chi connectivity index (χ0) is 15.5. The normalized spacial score (nSPS) is 11.3. The van der Waals surface area contributed by atoms with Gasteiger partial charge < -0.3 is 10.3 Å². The summed E-state index contributed by atoms with van der Waals surface area (Å²) in [5, 5.41) is 7.62. The number of thiophene rings is 1. The van der Waals surface area contributed by atoms with Gasteiger partial charge in [-0.2, -0.15) is 0 Å². The van der Waals surface area contributed by atoms with Gasteiger partial charge in [0.1, 0.15) is 9.77 Å². The first-order valence-corrected chi connectivity index (χ1v) is 8.31. The van der Waals surface area contributed by atoms with Crippen LogP contribution in [0.5, 0.6) is 0 Å². The van der Waals surface area contributed by atoms with Gasteiger partial charge in [-0.05, 0) is 30.7 Å². The number of aromatic nitrogens is 1. The van der Waals surface area contributed by atoms with Crippen molar-refractivity contribution in [1.82, 2.24) is 10.3 Å². The zero-order valence-corrected chi connectivity index (χ0v) is 12.5. The predicted molar refractivity (Wildman–Crippen MR) is 78.8 cm³/mol. The number of sulfonamides is 1. The number of carbonyl (C=O) groups is 1. The highest BCUT2D eigenvalue weighted by Gasteiger charge is 2.12. The molecule has 21 heavy (non-hydrogen) atoms. The Kier molecular flexibility index (Phi) is 4.56. The molecule has 0 aliphatic carbocycles. The van der Waals surface area contributed by atoms with Crippen LogP contribution in [0.4, 0.5) is 0 Å². The van der Waals surface area contributed by atoms with Crippen LogP contribution in [0.2, 0.25) is 0 Å². The molecular weight excluding hydrogens is 314 g/mol. The Bertz CT molecular complexity index is 808. The molecule has 2 aromatic heterocycles. The van der Waals surface area contributed by atoms with Gasteiger partial charge in [-0.1, -0.05) is 0 Å². The number of hydrogen-bond acceptors (Lipinski definition) is 5. The number of H-pyrrole nitrogens is 1. The number of pyridine rings is 1. The summed E-state index contributed by atoms with van der Waals surface area (Å²) in [6.07, 6.45) is 1.90. The van der Waals surface area contributed by atoms with Crippen molar-refractivity contribution in [3.05, 3.63) is 51.3 Å². The highest BCUT2D eigenvalue weighted by Crippen LogP contribution is 2.20. The fourth-order valence-electron chi connectivity index (χ4n) is 1.64. The van der Waals surface area contributed by atoms with Crippen molar-refractivity contribution in [2.24, 2.45) is 5.14 Å². The molecule has 1 amide bonds. The molecular formula is C12H13N3O4S2. The molecule has 2 aromatic rings. The van der Waals surface area contributed by atoms with Crippen molar-refractivity contribution >= 4 is 27.3 Å². The second-order valence-electron chi connectivity index (χ2n) is 4.18. The van der Waals surface area contributed by atoms with Gasteiger partial charge in [0.15, 0.2) is 0 Å². The highest BCUT2D eigenvalue weighted by atomic mass is 32.2. The molecule has 2 rings (SSSR count). The van der Waals surface area contributed by atoms with Crippen LogP contribution in [0.1, 0.15) is 15.2 Å². The lowest BCUT2D eigenvalue weighted by atomic mass is 10.2. The van der Waals surface area contributed by atoms with Gasteiger partial charge in [-0.15, -0.1) is 11.3 Å².